The van der Waals surface area contributed by atoms with Crippen molar-refractivity contribution in [2.24, 2.45) is 5.10 Å². The van der Waals surface area contributed by atoms with E-state index in [2.05, 4.69) is 50.7 Å². The van der Waals surface area contributed by atoms with Crippen LogP contribution in [0.15, 0.2) is 94.5 Å². The maximum Gasteiger partial charge on any atom is 0.272 e. The number of nitrogens with zero attached hydrogens (tertiary/aromatic N) is 1. The molecular formula is C26H21BrN2O3. The highest BCUT2D eigenvalue weighted by molar-refractivity contribution is 9.10. The molecule has 0 aliphatic heterocycles. The van der Waals surface area contributed by atoms with E-state index in [-0.39, 0.29) is 5.91 Å². The molecule has 160 valence electrons. The van der Waals surface area contributed by atoms with Gasteiger partial charge in [0, 0.05) is 4.47 Å². The van der Waals surface area contributed by atoms with Gasteiger partial charge in [-0.15, -0.1) is 0 Å². The van der Waals surface area contributed by atoms with E-state index in [0.717, 1.165) is 11.1 Å². The van der Waals surface area contributed by atoms with Gasteiger partial charge < -0.3 is 9.47 Å². The zero-order valence-electron chi connectivity index (χ0n) is 17.4. The van der Waals surface area contributed by atoms with Gasteiger partial charge in [-0.3, -0.25) is 4.79 Å². The second-order valence-electron chi connectivity index (χ2n) is 7.02. The number of ether oxygens (including phenoxy) is 2. The maximum absolute atomic E-state index is 12.2. The van der Waals surface area contributed by atoms with E-state index in [1.54, 1.807) is 31.5 Å². The first-order chi connectivity index (χ1) is 15.7. The van der Waals surface area contributed by atoms with Gasteiger partial charge in [-0.25, -0.2) is 5.43 Å². The standard InChI is InChI=1S/C26H21BrN2O3/c1-31-25-15-18(16-28-29-26(30)22-11-4-5-12-23(22)27)13-14-24(25)32-17-20-9-6-8-19-7-2-3-10-21(19)20/h2-16H,17H2,1H3,(H,29,30). The van der Waals surface area contributed by atoms with Crippen molar-refractivity contribution in [1.82, 2.24) is 5.43 Å². The van der Waals surface area contributed by atoms with Gasteiger partial charge in [0.25, 0.3) is 5.91 Å². The molecule has 0 spiro atoms. The molecule has 0 aliphatic rings. The predicted octanol–water partition coefficient (Wildman–Crippen LogP) is 5.95. The van der Waals surface area contributed by atoms with Crippen molar-refractivity contribution in [3.63, 3.8) is 0 Å². The van der Waals surface area contributed by atoms with Gasteiger partial charge in [-0.1, -0.05) is 54.6 Å². The highest BCUT2D eigenvalue weighted by Gasteiger charge is 2.09. The smallest absolute Gasteiger partial charge is 0.272 e. The van der Waals surface area contributed by atoms with Gasteiger partial charge in [0.05, 0.1) is 18.9 Å². The van der Waals surface area contributed by atoms with Crippen molar-refractivity contribution in [1.29, 1.82) is 0 Å². The summed E-state index contributed by atoms with van der Waals surface area (Å²) >= 11 is 3.36. The number of nitrogens with one attached hydrogen (secondary N) is 1. The molecule has 4 aromatic rings. The second kappa shape index (κ2) is 10.1. The molecule has 0 aromatic heterocycles. The molecular weight excluding hydrogens is 468 g/mol. The molecule has 1 amide bonds. The van der Waals surface area contributed by atoms with Gasteiger partial charge in [0.15, 0.2) is 11.5 Å². The van der Waals surface area contributed by atoms with Crippen molar-refractivity contribution >= 4 is 38.8 Å². The average molecular weight is 489 g/mol. The Kier molecular flexibility index (Phi) is 6.82. The van der Waals surface area contributed by atoms with Crippen molar-refractivity contribution in [3.05, 3.63) is 106 Å². The summed E-state index contributed by atoms with van der Waals surface area (Å²) < 4.78 is 12.3. The molecule has 1 N–H and O–H groups in total. The molecule has 0 bridgehead atoms. The van der Waals surface area contributed by atoms with Crippen LogP contribution in [0.1, 0.15) is 21.5 Å². The lowest BCUT2D eigenvalue weighted by molar-refractivity contribution is 0.0954. The van der Waals surface area contributed by atoms with Crippen LogP contribution in [0.3, 0.4) is 0 Å². The molecule has 6 heteroatoms. The third kappa shape index (κ3) is 4.98. The van der Waals surface area contributed by atoms with Crippen molar-refractivity contribution in [3.8, 4) is 11.5 Å². The van der Waals surface area contributed by atoms with Crippen molar-refractivity contribution in [2.75, 3.05) is 7.11 Å². The molecule has 0 aliphatic carbocycles. The lowest BCUT2D eigenvalue weighted by Crippen LogP contribution is -2.18. The molecule has 4 aromatic carbocycles. The number of carbonyl (C=O) groups is 1. The number of benzene rings is 4. The number of amides is 1. The van der Waals surface area contributed by atoms with Crippen LogP contribution < -0.4 is 14.9 Å². The zero-order chi connectivity index (χ0) is 22.3. The summed E-state index contributed by atoms with van der Waals surface area (Å²) in [4.78, 5) is 12.2. The second-order valence-corrected chi connectivity index (χ2v) is 7.87. The van der Waals surface area contributed by atoms with Gasteiger partial charge in [-0.2, -0.15) is 5.10 Å². The van der Waals surface area contributed by atoms with Crippen LogP contribution in [0.5, 0.6) is 11.5 Å². The first-order valence-electron chi connectivity index (χ1n) is 10.0. The Labute approximate surface area is 194 Å². The van der Waals surface area contributed by atoms with Crippen molar-refractivity contribution in [2.45, 2.75) is 6.61 Å². The molecule has 0 saturated heterocycles. The molecule has 0 fully saturated rings. The highest BCUT2D eigenvalue weighted by Crippen LogP contribution is 2.29. The molecule has 0 unspecified atom stereocenters. The van der Waals surface area contributed by atoms with Crippen LogP contribution in [0.2, 0.25) is 0 Å². The molecule has 4 rings (SSSR count). The molecule has 5 nitrogen and oxygen atoms in total. The molecule has 32 heavy (non-hydrogen) atoms. The summed E-state index contributed by atoms with van der Waals surface area (Å²) in [5, 5.41) is 6.39. The quantitative estimate of drug-likeness (QED) is 0.258. The number of hydrogen-bond donors (Lipinski definition) is 1. The predicted molar refractivity (Wildman–Crippen MR) is 130 cm³/mol. The van der Waals surface area contributed by atoms with E-state index in [0.29, 0.717) is 28.1 Å². The van der Waals surface area contributed by atoms with Crippen LogP contribution in [-0.4, -0.2) is 19.2 Å². The molecule has 0 radical (unpaired) electrons. The lowest BCUT2D eigenvalue weighted by Gasteiger charge is -2.12. The Balaban J connectivity index is 1.44. The summed E-state index contributed by atoms with van der Waals surface area (Å²) in [6.07, 6.45) is 1.56. The summed E-state index contributed by atoms with van der Waals surface area (Å²) in [5.41, 5.74) is 4.92. The van der Waals surface area contributed by atoms with Crippen molar-refractivity contribution < 1.29 is 14.3 Å². The van der Waals surface area contributed by atoms with Gasteiger partial charge >= 0.3 is 0 Å². The fourth-order valence-corrected chi connectivity index (χ4v) is 3.79. The Hall–Kier alpha value is -3.64. The van der Waals surface area contributed by atoms with E-state index in [4.69, 9.17) is 9.47 Å². The van der Waals surface area contributed by atoms with Crippen LogP contribution in [0, 0.1) is 0 Å². The Morgan fingerprint density at radius 1 is 0.969 bits per heavy atom. The third-order valence-corrected chi connectivity index (χ3v) is 5.64. The number of halogens is 1. The number of methoxy groups -OCH3 is 1. The SMILES string of the molecule is COc1cc(C=NNC(=O)c2ccccc2Br)ccc1OCc1cccc2ccccc12. The maximum atomic E-state index is 12.2. The van der Waals surface area contributed by atoms with Crippen LogP contribution in [-0.2, 0) is 6.61 Å². The summed E-state index contributed by atoms with van der Waals surface area (Å²) in [6.45, 7) is 0.424. The third-order valence-electron chi connectivity index (χ3n) is 4.95. The van der Waals surface area contributed by atoms with Crippen LogP contribution in [0.25, 0.3) is 10.8 Å². The number of hydrazone groups is 1. The fraction of sp³-hybridized carbons (Fsp3) is 0.0769. The Morgan fingerprint density at radius 3 is 2.59 bits per heavy atom. The minimum atomic E-state index is -0.296. The number of fused-ring (bicyclic) bond motifs is 1. The molecule has 0 atom stereocenters. The largest absolute Gasteiger partial charge is 0.493 e. The molecule has 0 saturated carbocycles. The van der Waals surface area contributed by atoms with Gasteiger partial charge in [0.2, 0.25) is 0 Å². The number of hydrogen-bond acceptors (Lipinski definition) is 4. The molecule has 0 heterocycles. The summed E-state index contributed by atoms with van der Waals surface area (Å²) in [6, 6.07) is 27.1. The van der Waals surface area contributed by atoms with E-state index in [1.807, 2.05) is 42.5 Å². The fourth-order valence-electron chi connectivity index (χ4n) is 3.33. The van der Waals surface area contributed by atoms with E-state index >= 15 is 0 Å². The summed E-state index contributed by atoms with van der Waals surface area (Å²) in [7, 11) is 1.59. The monoisotopic (exact) mass is 488 g/mol. The average Bonchev–Trinajstić information content (AvgIpc) is 2.83. The zero-order valence-corrected chi connectivity index (χ0v) is 19.0. The lowest BCUT2D eigenvalue weighted by atomic mass is 10.1. The Morgan fingerprint density at radius 2 is 1.75 bits per heavy atom. The van der Waals surface area contributed by atoms with Gasteiger partial charge in [0.1, 0.15) is 6.61 Å². The Bertz CT molecular complexity index is 1280. The normalized spacial score (nSPS) is 10.9. The van der Waals surface area contributed by atoms with Crippen LogP contribution >= 0.6 is 15.9 Å². The topological polar surface area (TPSA) is 59.9 Å². The van der Waals surface area contributed by atoms with Crippen LogP contribution in [0.4, 0.5) is 0 Å². The number of carbonyl (C=O) groups excluding carboxylic acids is 1. The minimum absolute atomic E-state index is 0.296. The van der Waals surface area contributed by atoms with E-state index in [9.17, 15) is 4.79 Å². The minimum Gasteiger partial charge on any atom is -0.493 e. The van der Waals surface area contributed by atoms with E-state index in [1.165, 1.54) is 10.8 Å². The highest BCUT2D eigenvalue weighted by atomic mass is 79.9. The first-order valence-corrected chi connectivity index (χ1v) is 10.8. The van der Waals surface area contributed by atoms with E-state index < -0.39 is 0 Å². The van der Waals surface area contributed by atoms with Gasteiger partial charge in [-0.05, 0) is 68.2 Å². The first kappa shape index (κ1) is 21.6. The summed E-state index contributed by atoms with van der Waals surface area (Å²) in [5.74, 6) is 0.928. The number of rotatable bonds is 7.